The number of halogens is 1. The normalized spacial score (nSPS) is 14.2. The molecule has 0 unspecified atom stereocenters. The highest BCUT2D eigenvalue weighted by molar-refractivity contribution is 6.30. The second-order valence-corrected chi connectivity index (χ2v) is 6.01. The molecule has 0 bridgehead atoms. The summed E-state index contributed by atoms with van der Waals surface area (Å²) in [5.74, 6) is 0. The summed E-state index contributed by atoms with van der Waals surface area (Å²) in [7, 11) is 0. The molecule has 0 atom stereocenters. The number of piperazine rings is 1. The maximum absolute atomic E-state index is 12.3. The number of nitrogens with one attached hydrogen (secondary N) is 1. The summed E-state index contributed by atoms with van der Waals surface area (Å²) in [6.45, 7) is 2.82. The average molecular weight is 341 g/mol. The van der Waals surface area contributed by atoms with Crippen LogP contribution in [0.15, 0.2) is 48.5 Å². The van der Waals surface area contributed by atoms with E-state index in [9.17, 15) is 4.79 Å². The third-order valence-electron chi connectivity index (χ3n) is 4.01. The molecule has 24 heavy (non-hydrogen) atoms. The van der Waals surface area contributed by atoms with Crippen LogP contribution in [0.3, 0.4) is 0 Å². The van der Waals surface area contributed by atoms with Gasteiger partial charge in [0.25, 0.3) is 0 Å². The first kappa shape index (κ1) is 16.2. The van der Waals surface area contributed by atoms with Gasteiger partial charge < -0.3 is 15.1 Å². The molecule has 0 aromatic heterocycles. The van der Waals surface area contributed by atoms with E-state index in [1.807, 2.05) is 24.3 Å². The number of nitriles is 1. The van der Waals surface area contributed by atoms with Crippen LogP contribution in [0.25, 0.3) is 0 Å². The Morgan fingerprint density at radius 3 is 2.42 bits per heavy atom. The Morgan fingerprint density at radius 1 is 1.08 bits per heavy atom. The first-order valence-electron chi connectivity index (χ1n) is 7.72. The topological polar surface area (TPSA) is 59.4 Å². The number of hydrogen-bond donors (Lipinski definition) is 1. The van der Waals surface area contributed by atoms with Crippen LogP contribution in [0.5, 0.6) is 0 Å². The van der Waals surface area contributed by atoms with Crippen molar-refractivity contribution >= 4 is 29.0 Å². The van der Waals surface area contributed by atoms with Crippen molar-refractivity contribution < 1.29 is 4.79 Å². The van der Waals surface area contributed by atoms with Crippen molar-refractivity contribution in [1.82, 2.24) is 4.90 Å². The zero-order valence-electron chi connectivity index (χ0n) is 13.1. The molecule has 0 aliphatic carbocycles. The molecule has 1 heterocycles. The lowest BCUT2D eigenvalue weighted by atomic mass is 10.2. The molecule has 1 N–H and O–H groups in total. The molecule has 3 rings (SSSR count). The van der Waals surface area contributed by atoms with Crippen LogP contribution in [-0.4, -0.2) is 37.1 Å². The minimum Gasteiger partial charge on any atom is -0.368 e. The van der Waals surface area contributed by atoms with E-state index in [1.165, 1.54) is 0 Å². The molecular formula is C18H17ClN4O. The van der Waals surface area contributed by atoms with Crippen LogP contribution >= 0.6 is 11.6 Å². The molecule has 0 radical (unpaired) electrons. The van der Waals surface area contributed by atoms with Gasteiger partial charge in [-0.05, 0) is 42.5 Å². The highest BCUT2D eigenvalue weighted by atomic mass is 35.5. The summed E-state index contributed by atoms with van der Waals surface area (Å²) in [6.07, 6.45) is 0. The fraction of sp³-hybridized carbons (Fsp3) is 0.222. The van der Waals surface area contributed by atoms with Crippen LogP contribution in [0.1, 0.15) is 5.56 Å². The summed E-state index contributed by atoms with van der Waals surface area (Å²) >= 11 is 6.03. The average Bonchev–Trinajstić information content (AvgIpc) is 2.62. The van der Waals surface area contributed by atoms with Crippen LogP contribution in [0.4, 0.5) is 16.2 Å². The number of rotatable bonds is 2. The molecule has 0 saturated carbocycles. The molecule has 1 saturated heterocycles. The van der Waals surface area contributed by atoms with Gasteiger partial charge in [0.15, 0.2) is 0 Å². The number of amides is 2. The van der Waals surface area contributed by atoms with Gasteiger partial charge in [-0.1, -0.05) is 17.7 Å². The smallest absolute Gasteiger partial charge is 0.321 e. The van der Waals surface area contributed by atoms with Crippen LogP contribution < -0.4 is 10.2 Å². The van der Waals surface area contributed by atoms with Crippen molar-refractivity contribution in [2.45, 2.75) is 0 Å². The second-order valence-electron chi connectivity index (χ2n) is 5.57. The second kappa shape index (κ2) is 7.24. The molecule has 1 aliphatic rings. The standard InChI is InChI=1S/C18H17ClN4O/c19-15-2-1-3-17(12-15)22-8-10-23(11-9-22)18(24)21-16-6-4-14(13-20)5-7-16/h1-7,12H,8-11H2,(H,21,24). The molecule has 122 valence electrons. The Kier molecular flexibility index (Phi) is 4.88. The van der Waals surface area contributed by atoms with Crippen molar-refractivity contribution in [2.75, 3.05) is 36.4 Å². The number of carbonyl (C=O) groups is 1. The van der Waals surface area contributed by atoms with Gasteiger partial charge in [-0.3, -0.25) is 0 Å². The predicted octanol–water partition coefficient (Wildman–Crippen LogP) is 3.57. The molecule has 2 aromatic carbocycles. The van der Waals surface area contributed by atoms with Gasteiger partial charge in [0.2, 0.25) is 0 Å². The summed E-state index contributed by atoms with van der Waals surface area (Å²) < 4.78 is 0. The van der Waals surface area contributed by atoms with Crippen LogP contribution in [-0.2, 0) is 0 Å². The number of urea groups is 1. The number of benzene rings is 2. The van der Waals surface area contributed by atoms with Gasteiger partial charge >= 0.3 is 6.03 Å². The number of hydrogen-bond acceptors (Lipinski definition) is 3. The lowest BCUT2D eigenvalue weighted by Crippen LogP contribution is -2.50. The third kappa shape index (κ3) is 3.79. The fourth-order valence-corrected chi connectivity index (χ4v) is 2.86. The van der Waals surface area contributed by atoms with E-state index in [4.69, 9.17) is 16.9 Å². The fourth-order valence-electron chi connectivity index (χ4n) is 2.67. The molecule has 2 amide bonds. The monoisotopic (exact) mass is 340 g/mol. The maximum Gasteiger partial charge on any atom is 0.321 e. The Morgan fingerprint density at radius 2 is 1.79 bits per heavy atom. The van der Waals surface area contributed by atoms with E-state index in [2.05, 4.69) is 16.3 Å². The van der Waals surface area contributed by atoms with Gasteiger partial charge in [-0.15, -0.1) is 0 Å². The summed E-state index contributed by atoms with van der Waals surface area (Å²) in [5, 5.41) is 12.4. The first-order valence-corrected chi connectivity index (χ1v) is 8.10. The van der Waals surface area contributed by atoms with Crippen molar-refractivity contribution in [3.8, 4) is 6.07 Å². The van der Waals surface area contributed by atoms with E-state index < -0.39 is 0 Å². The van der Waals surface area contributed by atoms with E-state index >= 15 is 0 Å². The zero-order chi connectivity index (χ0) is 16.9. The molecule has 1 fully saturated rings. The molecule has 2 aromatic rings. The summed E-state index contributed by atoms with van der Waals surface area (Å²) in [4.78, 5) is 16.3. The van der Waals surface area contributed by atoms with E-state index in [0.717, 1.165) is 18.8 Å². The lowest BCUT2D eigenvalue weighted by Gasteiger charge is -2.36. The Balaban J connectivity index is 1.56. The first-order chi connectivity index (χ1) is 11.7. The third-order valence-corrected chi connectivity index (χ3v) is 4.24. The van der Waals surface area contributed by atoms with E-state index in [0.29, 0.717) is 29.4 Å². The molecular weight excluding hydrogens is 324 g/mol. The quantitative estimate of drug-likeness (QED) is 0.909. The maximum atomic E-state index is 12.3. The lowest BCUT2D eigenvalue weighted by molar-refractivity contribution is 0.208. The van der Waals surface area contributed by atoms with E-state index in [1.54, 1.807) is 29.2 Å². The van der Waals surface area contributed by atoms with Gasteiger partial charge in [0.1, 0.15) is 0 Å². The van der Waals surface area contributed by atoms with Crippen molar-refractivity contribution in [3.63, 3.8) is 0 Å². The molecule has 5 nitrogen and oxygen atoms in total. The molecule has 0 spiro atoms. The van der Waals surface area contributed by atoms with Crippen molar-refractivity contribution in [3.05, 3.63) is 59.1 Å². The van der Waals surface area contributed by atoms with Gasteiger partial charge in [0.05, 0.1) is 11.6 Å². The SMILES string of the molecule is N#Cc1ccc(NC(=O)N2CCN(c3cccc(Cl)c3)CC2)cc1. The van der Waals surface area contributed by atoms with Crippen molar-refractivity contribution in [2.24, 2.45) is 0 Å². The van der Waals surface area contributed by atoms with Crippen molar-refractivity contribution in [1.29, 1.82) is 5.26 Å². The van der Waals surface area contributed by atoms with Crippen LogP contribution in [0, 0.1) is 11.3 Å². The van der Waals surface area contributed by atoms with E-state index in [-0.39, 0.29) is 6.03 Å². The number of nitrogens with zero attached hydrogens (tertiary/aromatic N) is 3. The zero-order valence-corrected chi connectivity index (χ0v) is 13.8. The highest BCUT2D eigenvalue weighted by Gasteiger charge is 2.21. The van der Waals surface area contributed by atoms with Crippen LogP contribution in [0.2, 0.25) is 5.02 Å². The Hall–Kier alpha value is -2.71. The molecule has 1 aliphatic heterocycles. The summed E-state index contributed by atoms with van der Waals surface area (Å²) in [5.41, 5.74) is 2.34. The van der Waals surface area contributed by atoms with Gasteiger partial charge in [-0.25, -0.2) is 4.79 Å². The minimum atomic E-state index is -0.120. The molecule has 6 heteroatoms. The highest BCUT2D eigenvalue weighted by Crippen LogP contribution is 2.21. The minimum absolute atomic E-state index is 0.120. The number of carbonyl (C=O) groups excluding carboxylic acids is 1. The Labute approximate surface area is 146 Å². The Bertz CT molecular complexity index is 761. The largest absolute Gasteiger partial charge is 0.368 e. The number of anilines is 2. The summed E-state index contributed by atoms with van der Waals surface area (Å²) in [6, 6.07) is 16.5. The predicted molar refractivity (Wildman–Crippen MR) is 95.4 cm³/mol. The van der Waals surface area contributed by atoms with Gasteiger partial charge in [-0.2, -0.15) is 5.26 Å². The van der Waals surface area contributed by atoms with Gasteiger partial charge in [0, 0.05) is 42.6 Å².